The molecule has 0 amide bonds. The van der Waals surface area contributed by atoms with Gasteiger partial charge in [0.15, 0.2) is 11.6 Å². The van der Waals surface area contributed by atoms with Crippen molar-refractivity contribution in [2.24, 2.45) is 0 Å². The molecule has 0 saturated carbocycles. The molecule has 0 fully saturated rings. The van der Waals surface area contributed by atoms with Crippen molar-refractivity contribution < 1.29 is 9.84 Å². The largest absolute Gasteiger partial charge is 0.485 e. The molecule has 1 aromatic heterocycles. The second-order valence-electron chi connectivity index (χ2n) is 4.82. The number of nitrogens with one attached hydrogen (secondary N) is 1. The van der Waals surface area contributed by atoms with Gasteiger partial charge in [0.25, 0.3) is 0 Å². The van der Waals surface area contributed by atoms with E-state index in [0.717, 1.165) is 19.4 Å². The van der Waals surface area contributed by atoms with Gasteiger partial charge in [-0.05, 0) is 20.3 Å². The third-order valence-electron chi connectivity index (χ3n) is 2.18. The van der Waals surface area contributed by atoms with Crippen LogP contribution in [0.2, 0.25) is 0 Å². The zero-order valence-corrected chi connectivity index (χ0v) is 11.2. The van der Waals surface area contributed by atoms with Gasteiger partial charge in [0.1, 0.15) is 6.61 Å². The molecule has 0 unspecified atom stereocenters. The number of anilines is 2. The average molecular weight is 254 g/mol. The van der Waals surface area contributed by atoms with Gasteiger partial charge in [-0.3, -0.25) is 0 Å². The van der Waals surface area contributed by atoms with Crippen molar-refractivity contribution in [1.29, 1.82) is 0 Å². The number of hydrogen-bond donors (Lipinski definition) is 3. The number of aromatic nitrogens is 2. The van der Waals surface area contributed by atoms with Crippen LogP contribution in [0, 0.1) is 0 Å². The van der Waals surface area contributed by atoms with Crippen LogP contribution in [0.4, 0.5) is 11.8 Å². The number of nitrogens with two attached hydrogens (primary N) is 1. The molecule has 18 heavy (non-hydrogen) atoms. The fraction of sp³-hybridized carbons (Fsp3) is 0.667. The van der Waals surface area contributed by atoms with E-state index >= 15 is 0 Å². The average Bonchev–Trinajstić information content (AvgIpc) is 2.27. The number of nitrogen functional groups attached to an aromatic ring is 1. The van der Waals surface area contributed by atoms with E-state index in [4.69, 9.17) is 10.5 Å². The lowest BCUT2D eigenvalue weighted by Gasteiger charge is -2.19. The molecule has 0 aromatic carbocycles. The topological polar surface area (TPSA) is 93.3 Å². The van der Waals surface area contributed by atoms with Crippen LogP contribution < -0.4 is 15.8 Å². The second kappa shape index (κ2) is 6.39. The minimum Gasteiger partial charge on any atom is -0.485 e. The molecule has 0 atom stereocenters. The summed E-state index contributed by atoms with van der Waals surface area (Å²) in [6.45, 7) is 6.43. The Bertz CT molecular complexity index is 377. The maximum atomic E-state index is 9.63. The standard InChI is InChI=1S/C12H22N4O2/c1-4-5-6-14-10-9(7-15-11(13)16-10)18-8-12(2,3)17/h7,17H,4-6,8H2,1-3H3,(H3,13,14,15,16). The first kappa shape index (κ1) is 14.5. The van der Waals surface area contributed by atoms with Gasteiger partial charge in [-0.15, -0.1) is 0 Å². The van der Waals surface area contributed by atoms with E-state index in [1.54, 1.807) is 13.8 Å². The Morgan fingerprint density at radius 1 is 1.50 bits per heavy atom. The van der Waals surface area contributed by atoms with E-state index in [2.05, 4.69) is 22.2 Å². The van der Waals surface area contributed by atoms with Gasteiger partial charge < -0.3 is 20.9 Å². The Morgan fingerprint density at radius 3 is 2.83 bits per heavy atom. The SMILES string of the molecule is CCCCNc1nc(N)ncc1OCC(C)(C)O. The Labute approximate surface area is 108 Å². The lowest BCUT2D eigenvalue weighted by molar-refractivity contribution is 0.0285. The molecule has 0 aliphatic rings. The van der Waals surface area contributed by atoms with E-state index in [-0.39, 0.29) is 12.6 Å². The maximum absolute atomic E-state index is 9.63. The minimum absolute atomic E-state index is 0.169. The summed E-state index contributed by atoms with van der Waals surface area (Å²) in [7, 11) is 0. The summed E-state index contributed by atoms with van der Waals surface area (Å²) < 4.78 is 5.49. The third-order valence-corrected chi connectivity index (χ3v) is 2.18. The van der Waals surface area contributed by atoms with Gasteiger partial charge in [0, 0.05) is 6.54 Å². The van der Waals surface area contributed by atoms with Crippen LogP contribution in [0.15, 0.2) is 6.20 Å². The van der Waals surface area contributed by atoms with Crippen LogP contribution in [-0.4, -0.2) is 33.8 Å². The second-order valence-corrected chi connectivity index (χ2v) is 4.82. The van der Waals surface area contributed by atoms with Gasteiger partial charge in [0.05, 0.1) is 11.8 Å². The maximum Gasteiger partial charge on any atom is 0.222 e. The number of aliphatic hydroxyl groups is 1. The van der Waals surface area contributed by atoms with Crippen molar-refractivity contribution in [3.8, 4) is 5.75 Å². The van der Waals surface area contributed by atoms with Crippen molar-refractivity contribution >= 4 is 11.8 Å². The molecule has 1 aromatic rings. The zero-order valence-electron chi connectivity index (χ0n) is 11.2. The fourth-order valence-electron chi connectivity index (χ4n) is 1.25. The highest BCUT2D eigenvalue weighted by molar-refractivity contribution is 5.51. The van der Waals surface area contributed by atoms with E-state index in [9.17, 15) is 5.11 Å². The van der Waals surface area contributed by atoms with Crippen LogP contribution in [-0.2, 0) is 0 Å². The monoisotopic (exact) mass is 254 g/mol. The summed E-state index contributed by atoms with van der Waals surface area (Å²) in [5, 5.41) is 12.8. The highest BCUT2D eigenvalue weighted by atomic mass is 16.5. The van der Waals surface area contributed by atoms with E-state index in [1.807, 2.05) is 0 Å². The molecule has 0 spiro atoms. The van der Waals surface area contributed by atoms with Gasteiger partial charge in [-0.25, -0.2) is 4.98 Å². The van der Waals surface area contributed by atoms with Crippen molar-refractivity contribution in [3.63, 3.8) is 0 Å². The number of unbranched alkanes of at least 4 members (excludes halogenated alkanes) is 1. The fourth-order valence-corrected chi connectivity index (χ4v) is 1.25. The Hall–Kier alpha value is -1.56. The summed E-state index contributed by atoms with van der Waals surface area (Å²) >= 11 is 0. The van der Waals surface area contributed by atoms with Gasteiger partial charge in [0.2, 0.25) is 5.95 Å². The lowest BCUT2D eigenvalue weighted by atomic mass is 10.2. The lowest BCUT2D eigenvalue weighted by Crippen LogP contribution is -2.28. The highest BCUT2D eigenvalue weighted by Gasteiger charge is 2.15. The normalized spacial score (nSPS) is 11.3. The van der Waals surface area contributed by atoms with E-state index in [1.165, 1.54) is 6.20 Å². The summed E-state index contributed by atoms with van der Waals surface area (Å²) in [6.07, 6.45) is 3.64. The smallest absolute Gasteiger partial charge is 0.222 e. The summed E-state index contributed by atoms with van der Waals surface area (Å²) in [5.74, 6) is 1.27. The first-order valence-electron chi connectivity index (χ1n) is 6.14. The molecular weight excluding hydrogens is 232 g/mol. The molecule has 102 valence electrons. The van der Waals surface area contributed by atoms with Crippen molar-refractivity contribution in [1.82, 2.24) is 9.97 Å². The molecule has 0 aliphatic heterocycles. The Balaban J connectivity index is 2.70. The first-order valence-corrected chi connectivity index (χ1v) is 6.14. The first-order chi connectivity index (χ1) is 8.42. The molecule has 0 bridgehead atoms. The van der Waals surface area contributed by atoms with E-state index < -0.39 is 5.60 Å². The van der Waals surface area contributed by atoms with Crippen molar-refractivity contribution in [2.45, 2.75) is 39.2 Å². The van der Waals surface area contributed by atoms with Crippen LogP contribution in [0.1, 0.15) is 33.6 Å². The molecule has 1 rings (SSSR count). The van der Waals surface area contributed by atoms with Crippen molar-refractivity contribution in [2.75, 3.05) is 24.2 Å². The summed E-state index contributed by atoms with van der Waals surface area (Å²) in [6, 6.07) is 0. The summed E-state index contributed by atoms with van der Waals surface area (Å²) in [4.78, 5) is 7.98. The van der Waals surface area contributed by atoms with Gasteiger partial charge in [-0.1, -0.05) is 13.3 Å². The minimum atomic E-state index is -0.901. The van der Waals surface area contributed by atoms with Gasteiger partial charge >= 0.3 is 0 Å². The quantitative estimate of drug-likeness (QED) is 0.637. The molecule has 1 heterocycles. The van der Waals surface area contributed by atoms with Crippen molar-refractivity contribution in [3.05, 3.63) is 6.20 Å². The number of rotatable bonds is 7. The molecule has 0 aliphatic carbocycles. The number of hydrogen-bond acceptors (Lipinski definition) is 6. The Kier molecular flexibility index (Phi) is 5.15. The molecule has 0 radical (unpaired) electrons. The molecule has 6 heteroatoms. The molecule has 6 nitrogen and oxygen atoms in total. The molecule has 4 N–H and O–H groups in total. The van der Waals surface area contributed by atoms with Crippen LogP contribution in [0.5, 0.6) is 5.75 Å². The summed E-state index contributed by atoms with van der Waals surface area (Å²) in [5.41, 5.74) is 4.65. The third kappa shape index (κ3) is 5.18. The Morgan fingerprint density at radius 2 is 2.22 bits per heavy atom. The van der Waals surface area contributed by atoms with Crippen LogP contribution in [0.25, 0.3) is 0 Å². The van der Waals surface area contributed by atoms with Crippen LogP contribution in [0.3, 0.4) is 0 Å². The predicted molar refractivity (Wildman–Crippen MR) is 71.6 cm³/mol. The van der Waals surface area contributed by atoms with Gasteiger partial charge in [-0.2, -0.15) is 4.98 Å². The number of ether oxygens (including phenoxy) is 1. The molecular formula is C12H22N4O2. The van der Waals surface area contributed by atoms with Crippen LogP contribution >= 0.6 is 0 Å². The zero-order chi connectivity index (χ0) is 13.6. The molecule has 0 saturated heterocycles. The highest BCUT2D eigenvalue weighted by Crippen LogP contribution is 2.22. The van der Waals surface area contributed by atoms with E-state index in [0.29, 0.717) is 11.6 Å². The number of nitrogens with zero attached hydrogens (tertiary/aromatic N) is 2. The predicted octanol–water partition coefficient (Wildman–Crippen LogP) is 1.42.